The van der Waals surface area contributed by atoms with Crippen molar-refractivity contribution in [1.82, 2.24) is 4.90 Å². The number of amides is 2. The molecule has 3 aromatic carbocycles. The Morgan fingerprint density at radius 3 is 2.21 bits per heavy atom. The van der Waals surface area contributed by atoms with E-state index < -0.39 is 5.91 Å². The third kappa shape index (κ3) is 5.36. The SMILES string of the molecule is COc1cc(/C=C2\SC(=O)N(Cc3ccccc3Cl)C2=O)cc(Cl)c1OCc1ccccc1Cl. The molecule has 0 unspecified atom stereocenters. The first-order valence-electron chi connectivity index (χ1n) is 10.1. The van der Waals surface area contributed by atoms with Crippen LogP contribution in [0.1, 0.15) is 16.7 Å². The number of halogens is 3. The number of carbonyl (C=O) groups excluding carboxylic acids is 2. The molecule has 0 radical (unpaired) electrons. The number of imide groups is 1. The van der Waals surface area contributed by atoms with Gasteiger partial charge in [-0.1, -0.05) is 71.2 Å². The molecule has 0 atom stereocenters. The molecule has 0 aromatic heterocycles. The van der Waals surface area contributed by atoms with E-state index in [2.05, 4.69) is 0 Å². The summed E-state index contributed by atoms with van der Waals surface area (Å²) in [5.41, 5.74) is 2.09. The predicted octanol–water partition coefficient (Wildman–Crippen LogP) is 7.47. The zero-order valence-electron chi connectivity index (χ0n) is 17.9. The summed E-state index contributed by atoms with van der Waals surface area (Å²) in [4.78, 5) is 26.8. The van der Waals surface area contributed by atoms with Gasteiger partial charge < -0.3 is 9.47 Å². The Labute approximate surface area is 216 Å². The van der Waals surface area contributed by atoms with Crippen LogP contribution in [0.3, 0.4) is 0 Å². The Kier molecular flexibility index (Phi) is 7.73. The lowest BCUT2D eigenvalue weighted by Gasteiger charge is -2.14. The summed E-state index contributed by atoms with van der Waals surface area (Å²) in [5, 5.41) is 1.01. The number of benzene rings is 3. The first-order chi connectivity index (χ1) is 16.4. The molecule has 1 aliphatic heterocycles. The fourth-order valence-corrected chi connectivity index (χ4v) is 4.81. The molecule has 0 bridgehead atoms. The van der Waals surface area contributed by atoms with Crippen LogP contribution < -0.4 is 9.47 Å². The Balaban J connectivity index is 1.55. The standard InChI is InChI=1S/C25H18Cl3NO4S/c1-32-21-11-15(10-20(28)23(21)33-14-17-7-3-5-9-19(17)27)12-22-24(30)29(25(31)34-22)13-16-6-2-4-8-18(16)26/h2-12H,13-14H2,1H3/b22-12-. The molecule has 1 fully saturated rings. The maximum absolute atomic E-state index is 12.9. The minimum atomic E-state index is -0.399. The summed E-state index contributed by atoms with van der Waals surface area (Å²) in [6, 6.07) is 17.8. The van der Waals surface area contributed by atoms with Crippen molar-refractivity contribution in [1.29, 1.82) is 0 Å². The summed E-state index contributed by atoms with van der Waals surface area (Å²) in [6.45, 7) is 0.302. The van der Waals surface area contributed by atoms with Crippen LogP contribution in [0.25, 0.3) is 6.08 Å². The number of hydrogen-bond donors (Lipinski definition) is 0. The molecule has 9 heteroatoms. The van der Waals surface area contributed by atoms with Crippen LogP contribution in [-0.4, -0.2) is 23.2 Å². The Bertz CT molecular complexity index is 1290. The maximum Gasteiger partial charge on any atom is 0.293 e. The van der Waals surface area contributed by atoms with Gasteiger partial charge in [0.1, 0.15) is 6.61 Å². The lowest BCUT2D eigenvalue weighted by atomic mass is 10.1. The average molecular weight is 535 g/mol. The van der Waals surface area contributed by atoms with E-state index >= 15 is 0 Å². The highest BCUT2D eigenvalue weighted by molar-refractivity contribution is 8.18. The van der Waals surface area contributed by atoms with E-state index in [1.165, 1.54) is 7.11 Å². The van der Waals surface area contributed by atoms with E-state index in [-0.39, 0.29) is 23.3 Å². The lowest BCUT2D eigenvalue weighted by molar-refractivity contribution is -0.123. The van der Waals surface area contributed by atoms with Crippen LogP contribution in [0.5, 0.6) is 11.5 Å². The molecule has 3 aromatic rings. The van der Waals surface area contributed by atoms with Crippen molar-refractivity contribution in [3.8, 4) is 11.5 Å². The Morgan fingerprint density at radius 2 is 1.56 bits per heavy atom. The smallest absolute Gasteiger partial charge is 0.293 e. The zero-order chi connectivity index (χ0) is 24.2. The second-order valence-corrected chi connectivity index (χ2v) is 9.49. The molecular formula is C25H18Cl3NO4S. The van der Waals surface area contributed by atoms with E-state index in [0.717, 1.165) is 22.2 Å². The van der Waals surface area contributed by atoms with Crippen molar-refractivity contribution in [3.05, 3.63) is 97.3 Å². The van der Waals surface area contributed by atoms with Gasteiger partial charge in [-0.2, -0.15) is 0 Å². The van der Waals surface area contributed by atoms with Gasteiger partial charge in [-0.25, -0.2) is 0 Å². The predicted molar refractivity (Wildman–Crippen MR) is 137 cm³/mol. The van der Waals surface area contributed by atoms with Crippen molar-refractivity contribution in [3.63, 3.8) is 0 Å². The molecule has 0 saturated carbocycles. The zero-order valence-corrected chi connectivity index (χ0v) is 21.0. The number of carbonyl (C=O) groups is 2. The van der Waals surface area contributed by atoms with Crippen LogP contribution >= 0.6 is 46.6 Å². The van der Waals surface area contributed by atoms with Gasteiger partial charge >= 0.3 is 0 Å². The van der Waals surface area contributed by atoms with E-state index in [4.69, 9.17) is 44.3 Å². The van der Waals surface area contributed by atoms with Crippen molar-refractivity contribution < 1.29 is 19.1 Å². The van der Waals surface area contributed by atoms with Gasteiger partial charge in [0.25, 0.3) is 11.1 Å². The first-order valence-corrected chi connectivity index (χ1v) is 12.0. The van der Waals surface area contributed by atoms with Gasteiger partial charge in [-0.3, -0.25) is 14.5 Å². The topological polar surface area (TPSA) is 55.8 Å². The number of nitrogens with zero attached hydrogens (tertiary/aromatic N) is 1. The molecule has 4 rings (SSSR count). The molecule has 1 aliphatic rings. The van der Waals surface area contributed by atoms with Crippen molar-refractivity contribution >= 4 is 63.8 Å². The van der Waals surface area contributed by atoms with Crippen molar-refractivity contribution in [2.45, 2.75) is 13.2 Å². The fourth-order valence-electron chi connectivity index (χ4n) is 3.31. The lowest BCUT2D eigenvalue weighted by Crippen LogP contribution is -2.27. The molecule has 2 amide bonds. The molecule has 5 nitrogen and oxygen atoms in total. The summed E-state index contributed by atoms with van der Waals surface area (Å²) >= 11 is 19.7. The van der Waals surface area contributed by atoms with Gasteiger partial charge in [-0.05, 0) is 53.2 Å². The molecular weight excluding hydrogens is 517 g/mol. The number of ether oxygens (including phenoxy) is 2. The normalized spacial score (nSPS) is 14.7. The maximum atomic E-state index is 12.9. The van der Waals surface area contributed by atoms with Crippen LogP contribution in [0.4, 0.5) is 4.79 Å². The molecule has 174 valence electrons. The highest BCUT2D eigenvalue weighted by Gasteiger charge is 2.35. The molecule has 0 spiro atoms. The van der Waals surface area contributed by atoms with Crippen molar-refractivity contribution in [2.24, 2.45) is 0 Å². The minimum absolute atomic E-state index is 0.0978. The number of thioether (sulfide) groups is 1. The van der Waals surface area contributed by atoms with Crippen LogP contribution in [0.2, 0.25) is 15.1 Å². The second-order valence-electron chi connectivity index (χ2n) is 7.27. The Morgan fingerprint density at radius 1 is 0.912 bits per heavy atom. The average Bonchev–Trinajstić information content (AvgIpc) is 3.07. The minimum Gasteiger partial charge on any atom is -0.493 e. The fraction of sp³-hybridized carbons (Fsp3) is 0.120. The van der Waals surface area contributed by atoms with Crippen LogP contribution in [0.15, 0.2) is 65.6 Å². The molecule has 1 saturated heterocycles. The van der Waals surface area contributed by atoms with Gasteiger partial charge in [0.15, 0.2) is 11.5 Å². The van der Waals surface area contributed by atoms with Gasteiger partial charge in [0.2, 0.25) is 0 Å². The second kappa shape index (κ2) is 10.7. The van der Waals surface area contributed by atoms with E-state index in [1.807, 2.05) is 18.2 Å². The highest BCUT2D eigenvalue weighted by atomic mass is 35.5. The first kappa shape index (κ1) is 24.5. The third-order valence-electron chi connectivity index (χ3n) is 5.04. The highest BCUT2D eigenvalue weighted by Crippen LogP contribution is 2.40. The van der Waals surface area contributed by atoms with Crippen LogP contribution in [-0.2, 0) is 17.9 Å². The van der Waals surface area contributed by atoms with E-state index in [0.29, 0.717) is 37.7 Å². The van der Waals surface area contributed by atoms with Gasteiger partial charge in [0.05, 0.1) is 23.6 Å². The quantitative estimate of drug-likeness (QED) is 0.294. The van der Waals surface area contributed by atoms with Gasteiger partial charge in [-0.15, -0.1) is 0 Å². The van der Waals surface area contributed by atoms with Crippen LogP contribution in [0, 0.1) is 0 Å². The summed E-state index contributed by atoms with van der Waals surface area (Å²) < 4.78 is 11.3. The van der Waals surface area contributed by atoms with Gasteiger partial charge in [0, 0.05) is 15.6 Å². The number of rotatable bonds is 7. The molecule has 0 aliphatic carbocycles. The third-order valence-corrected chi connectivity index (χ3v) is 6.96. The summed E-state index contributed by atoms with van der Waals surface area (Å²) in [6.07, 6.45) is 1.60. The number of hydrogen-bond acceptors (Lipinski definition) is 5. The summed E-state index contributed by atoms with van der Waals surface area (Å²) in [7, 11) is 1.50. The Hall–Kier alpha value is -2.64. The molecule has 0 N–H and O–H groups in total. The number of methoxy groups -OCH3 is 1. The molecule has 34 heavy (non-hydrogen) atoms. The molecule has 1 heterocycles. The van der Waals surface area contributed by atoms with E-state index in [9.17, 15) is 9.59 Å². The van der Waals surface area contributed by atoms with E-state index in [1.54, 1.807) is 48.5 Å². The van der Waals surface area contributed by atoms with Crippen molar-refractivity contribution in [2.75, 3.05) is 7.11 Å². The summed E-state index contributed by atoms with van der Waals surface area (Å²) in [5.74, 6) is 0.346. The largest absolute Gasteiger partial charge is 0.493 e. The monoisotopic (exact) mass is 533 g/mol.